The van der Waals surface area contributed by atoms with Gasteiger partial charge in [0.1, 0.15) is 11.3 Å². The van der Waals surface area contributed by atoms with Gasteiger partial charge in [-0.2, -0.15) is 0 Å². The Balaban J connectivity index is 2.51. The summed E-state index contributed by atoms with van der Waals surface area (Å²) in [4.78, 5) is 11.6. The van der Waals surface area contributed by atoms with Crippen LogP contribution in [-0.2, 0) is 4.74 Å². The van der Waals surface area contributed by atoms with Crippen LogP contribution in [-0.4, -0.2) is 17.7 Å². The van der Waals surface area contributed by atoms with Crippen molar-refractivity contribution in [1.82, 2.24) is 0 Å². The van der Waals surface area contributed by atoms with E-state index in [0.29, 0.717) is 17.7 Å². The molecule has 3 nitrogen and oxygen atoms in total. The number of phenolic OH excluding ortho intramolecular Hbond substituents is 1. The number of carbonyl (C=O) groups is 1. The third-order valence-corrected chi connectivity index (χ3v) is 3.11. The van der Waals surface area contributed by atoms with Gasteiger partial charge in [0.15, 0.2) is 0 Å². The number of esters is 1. The zero-order chi connectivity index (χ0) is 11.7. The normalized spacial score (nSPS) is 19.1. The van der Waals surface area contributed by atoms with E-state index in [-0.39, 0.29) is 11.7 Å². The fourth-order valence-electron chi connectivity index (χ4n) is 2.19. The van der Waals surface area contributed by atoms with Crippen molar-refractivity contribution in [3.63, 3.8) is 0 Å². The fraction of sp³-hybridized carbons (Fsp3) is 0.462. The van der Waals surface area contributed by atoms with Crippen LogP contribution in [0.1, 0.15) is 47.2 Å². The van der Waals surface area contributed by atoms with Gasteiger partial charge in [0.05, 0.1) is 6.61 Å². The van der Waals surface area contributed by atoms with E-state index >= 15 is 0 Å². The van der Waals surface area contributed by atoms with Crippen molar-refractivity contribution < 1.29 is 14.6 Å². The molecule has 1 aromatic carbocycles. The Labute approximate surface area is 95.0 Å². The first-order valence-corrected chi connectivity index (χ1v) is 5.64. The molecule has 1 atom stereocenters. The van der Waals surface area contributed by atoms with E-state index in [9.17, 15) is 9.90 Å². The van der Waals surface area contributed by atoms with Gasteiger partial charge in [0.25, 0.3) is 0 Å². The van der Waals surface area contributed by atoms with E-state index < -0.39 is 5.97 Å². The molecule has 0 radical (unpaired) electrons. The maximum atomic E-state index is 11.6. The molecule has 1 aliphatic heterocycles. The van der Waals surface area contributed by atoms with E-state index in [2.05, 4.69) is 6.92 Å². The molecular formula is C13H16O3. The lowest BCUT2D eigenvalue weighted by Gasteiger charge is -2.25. The number of hydrogen-bond acceptors (Lipinski definition) is 3. The molecule has 0 aromatic heterocycles. The van der Waals surface area contributed by atoms with Crippen LogP contribution in [0.5, 0.6) is 5.75 Å². The monoisotopic (exact) mass is 220 g/mol. The van der Waals surface area contributed by atoms with Crippen molar-refractivity contribution in [2.75, 3.05) is 6.61 Å². The molecule has 0 unspecified atom stereocenters. The standard InChI is InChI=1S/C13H16O3/c1-3-4-9-7-16-13(15)11-10(9)6-5-8(2)12(11)14/h5-6,9,14H,3-4,7H2,1-2H3/t9-/m1/s1. The molecular weight excluding hydrogens is 204 g/mol. The molecule has 0 fully saturated rings. The van der Waals surface area contributed by atoms with Crippen LogP contribution in [0.15, 0.2) is 12.1 Å². The second-order valence-electron chi connectivity index (χ2n) is 4.28. The fourth-order valence-corrected chi connectivity index (χ4v) is 2.19. The molecule has 0 aliphatic carbocycles. The average molecular weight is 220 g/mol. The highest BCUT2D eigenvalue weighted by Gasteiger charge is 2.29. The largest absolute Gasteiger partial charge is 0.507 e. The summed E-state index contributed by atoms with van der Waals surface area (Å²) in [5.41, 5.74) is 2.01. The summed E-state index contributed by atoms with van der Waals surface area (Å²) in [6, 6.07) is 3.79. The summed E-state index contributed by atoms with van der Waals surface area (Å²) < 4.78 is 5.11. The number of rotatable bonds is 2. The van der Waals surface area contributed by atoms with E-state index in [1.807, 2.05) is 12.1 Å². The summed E-state index contributed by atoms with van der Waals surface area (Å²) in [6.07, 6.45) is 2.01. The molecule has 1 aliphatic rings. The minimum Gasteiger partial charge on any atom is -0.507 e. The van der Waals surface area contributed by atoms with Crippen LogP contribution in [0.3, 0.4) is 0 Å². The summed E-state index contributed by atoms with van der Waals surface area (Å²) in [5.74, 6) is -0.101. The van der Waals surface area contributed by atoms with Gasteiger partial charge in [0.2, 0.25) is 0 Å². The van der Waals surface area contributed by atoms with Crippen molar-refractivity contribution in [2.24, 2.45) is 0 Å². The maximum Gasteiger partial charge on any atom is 0.342 e. The van der Waals surface area contributed by atoms with Gasteiger partial charge in [-0.05, 0) is 24.5 Å². The first-order chi connectivity index (χ1) is 7.65. The lowest BCUT2D eigenvalue weighted by atomic mass is 9.88. The molecule has 16 heavy (non-hydrogen) atoms. The number of ether oxygens (including phenoxy) is 1. The molecule has 0 saturated carbocycles. The van der Waals surface area contributed by atoms with Crippen molar-refractivity contribution in [2.45, 2.75) is 32.6 Å². The quantitative estimate of drug-likeness (QED) is 0.779. The molecule has 0 amide bonds. The number of cyclic esters (lactones) is 1. The molecule has 1 heterocycles. The molecule has 0 saturated heterocycles. The van der Waals surface area contributed by atoms with Gasteiger partial charge in [-0.1, -0.05) is 25.5 Å². The number of fused-ring (bicyclic) bond motifs is 1. The number of hydrogen-bond donors (Lipinski definition) is 1. The highest BCUT2D eigenvalue weighted by Crippen LogP contribution is 2.36. The van der Waals surface area contributed by atoms with Gasteiger partial charge in [-0.15, -0.1) is 0 Å². The second-order valence-corrected chi connectivity index (χ2v) is 4.28. The number of carbonyl (C=O) groups excluding carboxylic acids is 1. The van der Waals surface area contributed by atoms with Gasteiger partial charge >= 0.3 is 5.97 Å². The summed E-state index contributed by atoms with van der Waals surface area (Å²) in [5, 5.41) is 9.90. The lowest BCUT2D eigenvalue weighted by Crippen LogP contribution is -2.22. The Bertz CT molecular complexity index is 423. The third kappa shape index (κ3) is 1.66. The van der Waals surface area contributed by atoms with Crippen molar-refractivity contribution in [3.05, 3.63) is 28.8 Å². The van der Waals surface area contributed by atoms with E-state index in [1.54, 1.807) is 6.92 Å². The Morgan fingerprint density at radius 1 is 1.50 bits per heavy atom. The molecule has 0 spiro atoms. The molecule has 2 rings (SSSR count). The topological polar surface area (TPSA) is 46.5 Å². The van der Waals surface area contributed by atoms with Crippen LogP contribution in [0, 0.1) is 6.92 Å². The minimum atomic E-state index is -0.399. The smallest absolute Gasteiger partial charge is 0.342 e. The summed E-state index contributed by atoms with van der Waals surface area (Å²) in [7, 11) is 0. The highest BCUT2D eigenvalue weighted by atomic mass is 16.5. The third-order valence-electron chi connectivity index (χ3n) is 3.11. The Kier molecular flexibility index (Phi) is 2.86. The van der Waals surface area contributed by atoms with Gasteiger partial charge in [-0.25, -0.2) is 4.79 Å². The van der Waals surface area contributed by atoms with Crippen molar-refractivity contribution in [3.8, 4) is 5.75 Å². The first-order valence-electron chi connectivity index (χ1n) is 5.64. The minimum absolute atomic E-state index is 0.0725. The Morgan fingerprint density at radius 3 is 2.94 bits per heavy atom. The van der Waals surface area contributed by atoms with Gasteiger partial charge in [0, 0.05) is 5.92 Å². The van der Waals surface area contributed by atoms with Crippen molar-refractivity contribution in [1.29, 1.82) is 0 Å². The van der Waals surface area contributed by atoms with Crippen LogP contribution < -0.4 is 0 Å². The first kappa shape index (κ1) is 11.0. The summed E-state index contributed by atoms with van der Waals surface area (Å²) >= 11 is 0. The average Bonchev–Trinajstić information content (AvgIpc) is 2.27. The van der Waals surface area contributed by atoms with Crippen LogP contribution in [0.25, 0.3) is 0 Å². The highest BCUT2D eigenvalue weighted by molar-refractivity contribution is 5.95. The van der Waals surface area contributed by atoms with E-state index in [4.69, 9.17) is 4.74 Å². The molecule has 3 heteroatoms. The van der Waals surface area contributed by atoms with Gasteiger partial charge < -0.3 is 9.84 Å². The number of benzene rings is 1. The predicted molar refractivity (Wildman–Crippen MR) is 60.8 cm³/mol. The predicted octanol–water partition coefficient (Wildman–Crippen LogP) is 2.75. The van der Waals surface area contributed by atoms with Crippen LogP contribution in [0.4, 0.5) is 0 Å². The number of aromatic hydroxyl groups is 1. The van der Waals surface area contributed by atoms with E-state index in [0.717, 1.165) is 18.4 Å². The van der Waals surface area contributed by atoms with Gasteiger partial charge in [-0.3, -0.25) is 0 Å². The molecule has 1 N–H and O–H groups in total. The maximum absolute atomic E-state index is 11.6. The molecule has 0 bridgehead atoms. The van der Waals surface area contributed by atoms with E-state index in [1.165, 1.54) is 0 Å². The zero-order valence-corrected chi connectivity index (χ0v) is 9.62. The number of phenols is 1. The molecule has 86 valence electrons. The number of aryl methyl sites for hydroxylation is 1. The second kappa shape index (κ2) is 4.16. The van der Waals surface area contributed by atoms with Crippen LogP contribution >= 0.6 is 0 Å². The summed E-state index contributed by atoms with van der Waals surface area (Å²) in [6.45, 7) is 4.32. The lowest BCUT2D eigenvalue weighted by molar-refractivity contribution is 0.0431. The Hall–Kier alpha value is -1.51. The molecule has 1 aromatic rings. The Morgan fingerprint density at radius 2 is 2.25 bits per heavy atom. The zero-order valence-electron chi connectivity index (χ0n) is 9.62. The SMILES string of the molecule is CCC[C@@H]1COC(=O)c2c1ccc(C)c2O. The van der Waals surface area contributed by atoms with Crippen molar-refractivity contribution >= 4 is 5.97 Å². The van der Waals surface area contributed by atoms with Crippen LogP contribution in [0.2, 0.25) is 0 Å².